The van der Waals surface area contributed by atoms with Crippen molar-refractivity contribution < 1.29 is 13.2 Å². The van der Waals surface area contributed by atoms with Crippen molar-refractivity contribution in [3.05, 3.63) is 77.2 Å². The van der Waals surface area contributed by atoms with Gasteiger partial charge in [0.15, 0.2) is 0 Å². The molecule has 1 aromatic heterocycles. The molecule has 0 bridgehead atoms. The molecule has 1 amide bonds. The Balaban J connectivity index is 1.40. The highest BCUT2D eigenvalue weighted by Crippen LogP contribution is 2.38. The number of amides is 1. The van der Waals surface area contributed by atoms with E-state index in [0.717, 1.165) is 5.56 Å². The molecule has 9 heteroatoms. The minimum atomic E-state index is -3.76. The van der Waals surface area contributed by atoms with Gasteiger partial charge in [0.1, 0.15) is 4.90 Å². The van der Waals surface area contributed by atoms with Gasteiger partial charge in [0, 0.05) is 48.7 Å². The van der Waals surface area contributed by atoms with E-state index in [2.05, 4.69) is 9.97 Å². The Morgan fingerprint density at radius 1 is 1.06 bits per heavy atom. The topological polar surface area (TPSA) is 83.5 Å². The van der Waals surface area contributed by atoms with Gasteiger partial charge in [-0.05, 0) is 43.5 Å². The van der Waals surface area contributed by atoms with Gasteiger partial charge in [0.25, 0.3) is 5.91 Å². The van der Waals surface area contributed by atoms with Crippen LogP contribution in [0.3, 0.4) is 0 Å². The monoisotopic (exact) mass is 482 g/mol. The van der Waals surface area contributed by atoms with Crippen LogP contribution in [0, 0.1) is 6.92 Å². The fourth-order valence-electron chi connectivity index (χ4n) is 4.98. The molecule has 2 aliphatic heterocycles. The summed E-state index contributed by atoms with van der Waals surface area (Å²) >= 11 is 6.28. The Kier molecular flexibility index (Phi) is 5.68. The van der Waals surface area contributed by atoms with Crippen LogP contribution in [-0.4, -0.2) is 58.7 Å². The molecule has 2 atom stereocenters. The number of carbonyl (C=O) groups excluding carboxylic acids is 1. The molecule has 3 aromatic rings. The number of nitrogens with zero attached hydrogens (tertiary/aromatic N) is 4. The normalized spacial score (nSPS) is 20.7. The largest absolute Gasteiger partial charge is 0.334 e. The van der Waals surface area contributed by atoms with E-state index >= 15 is 0 Å². The number of hydrogen-bond acceptors (Lipinski definition) is 5. The van der Waals surface area contributed by atoms with E-state index in [1.807, 2.05) is 23.1 Å². The van der Waals surface area contributed by atoms with Crippen LogP contribution < -0.4 is 0 Å². The number of likely N-dealkylation sites (tertiary alicyclic amines) is 1. The van der Waals surface area contributed by atoms with Crippen LogP contribution in [0.15, 0.2) is 66.0 Å². The highest BCUT2D eigenvalue weighted by Gasteiger charge is 2.49. The molecular formula is C24H23ClN4O3S. The van der Waals surface area contributed by atoms with E-state index < -0.39 is 10.0 Å². The predicted molar refractivity (Wildman–Crippen MR) is 125 cm³/mol. The van der Waals surface area contributed by atoms with E-state index in [1.165, 1.54) is 4.31 Å². The van der Waals surface area contributed by atoms with Crippen molar-refractivity contribution in [2.45, 2.75) is 36.7 Å². The van der Waals surface area contributed by atoms with Crippen LogP contribution in [0.1, 0.15) is 28.8 Å². The summed E-state index contributed by atoms with van der Waals surface area (Å²) in [4.78, 5) is 23.8. The van der Waals surface area contributed by atoms with Crippen molar-refractivity contribution in [3.63, 3.8) is 0 Å². The van der Waals surface area contributed by atoms with Crippen LogP contribution >= 0.6 is 11.6 Å². The van der Waals surface area contributed by atoms with E-state index in [4.69, 9.17) is 11.6 Å². The lowest BCUT2D eigenvalue weighted by atomic mass is 10.1. The SMILES string of the molecule is Cc1cccc(Cl)c1S(=O)(=O)N1CC[C@@H]2[C@H]1CCN2C(=O)c1cccc(-c2cnccn2)c1. The summed E-state index contributed by atoms with van der Waals surface area (Å²) in [5, 5.41) is 0.227. The molecule has 3 heterocycles. The molecule has 7 nitrogen and oxygen atoms in total. The zero-order valence-electron chi connectivity index (χ0n) is 18.1. The molecule has 0 aliphatic carbocycles. The second-order valence-corrected chi connectivity index (χ2v) is 10.6. The third kappa shape index (κ3) is 3.82. The third-order valence-corrected chi connectivity index (χ3v) is 9.04. The third-order valence-electron chi connectivity index (χ3n) is 6.49. The summed E-state index contributed by atoms with van der Waals surface area (Å²) in [6.45, 7) is 2.63. The van der Waals surface area contributed by atoms with Crippen molar-refractivity contribution in [1.82, 2.24) is 19.2 Å². The van der Waals surface area contributed by atoms with Crippen LogP contribution in [-0.2, 0) is 10.0 Å². The molecule has 33 heavy (non-hydrogen) atoms. The summed E-state index contributed by atoms with van der Waals surface area (Å²) in [6, 6.07) is 12.0. The quantitative estimate of drug-likeness (QED) is 0.565. The summed E-state index contributed by atoms with van der Waals surface area (Å²) < 4.78 is 28.5. The predicted octanol–water partition coefficient (Wildman–Crippen LogP) is 3.78. The fraction of sp³-hybridized carbons (Fsp3) is 0.292. The van der Waals surface area contributed by atoms with E-state index in [9.17, 15) is 13.2 Å². The van der Waals surface area contributed by atoms with E-state index in [-0.39, 0.29) is 27.9 Å². The van der Waals surface area contributed by atoms with Gasteiger partial charge >= 0.3 is 0 Å². The molecule has 0 spiro atoms. The van der Waals surface area contributed by atoms with Crippen molar-refractivity contribution in [2.24, 2.45) is 0 Å². The Morgan fingerprint density at radius 2 is 1.85 bits per heavy atom. The maximum absolute atomic E-state index is 13.5. The Bertz CT molecular complexity index is 1300. The first kappa shape index (κ1) is 22.0. The van der Waals surface area contributed by atoms with Gasteiger partial charge in [-0.2, -0.15) is 4.31 Å². The molecule has 2 fully saturated rings. The number of hydrogen-bond donors (Lipinski definition) is 0. The highest BCUT2D eigenvalue weighted by molar-refractivity contribution is 7.89. The highest BCUT2D eigenvalue weighted by atomic mass is 35.5. The minimum absolute atomic E-state index is 0.0959. The van der Waals surface area contributed by atoms with Crippen LogP contribution in [0.5, 0.6) is 0 Å². The lowest BCUT2D eigenvalue weighted by Gasteiger charge is -2.26. The first-order valence-corrected chi connectivity index (χ1v) is 12.6. The van der Waals surface area contributed by atoms with Crippen molar-refractivity contribution in [3.8, 4) is 11.3 Å². The zero-order valence-corrected chi connectivity index (χ0v) is 19.6. The molecule has 170 valence electrons. The second-order valence-electron chi connectivity index (χ2n) is 8.38. The summed E-state index contributed by atoms with van der Waals surface area (Å²) in [6.07, 6.45) is 6.08. The lowest BCUT2D eigenvalue weighted by molar-refractivity contribution is 0.0735. The Hall–Kier alpha value is -2.81. The summed E-state index contributed by atoms with van der Waals surface area (Å²) in [5.41, 5.74) is 2.69. The van der Waals surface area contributed by atoms with Crippen LogP contribution in [0.4, 0.5) is 0 Å². The van der Waals surface area contributed by atoms with Crippen LogP contribution in [0.2, 0.25) is 5.02 Å². The van der Waals surface area contributed by atoms with Crippen molar-refractivity contribution in [1.29, 1.82) is 0 Å². The molecule has 0 radical (unpaired) electrons. The number of benzene rings is 2. The number of rotatable bonds is 4. The first-order chi connectivity index (χ1) is 15.9. The van der Waals surface area contributed by atoms with E-state index in [1.54, 1.807) is 49.8 Å². The number of fused-ring (bicyclic) bond motifs is 1. The molecule has 0 N–H and O–H groups in total. The second kappa shape index (κ2) is 8.52. The first-order valence-electron chi connectivity index (χ1n) is 10.8. The van der Waals surface area contributed by atoms with Gasteiger partial charge in [-0.3, -0.25) is 14.8 Å². The van der Waals surface area contributed by atoms with Crippen molar-refractivity contribution >= 4 is 27.5 Å². The van der Waals surface area contributed by atoms with Crippen LogP contribution in [0.25, 0.3) is 11.3 Å². The number of aromatic nitrogens is 2. The average Bonchev–Trinajstić information content (AvgIpc) is 3.41. The molecule has 2 aromatic carbocycles. The molecule has 5 rings (SSSR count). The van der Waals surface area contributed by atoms with Gasteiger partial charge in [0.2, 0.25) is 10.0 Å². The van der Waals surface area contributed by atoms with Gasteiger partial charge < -0.3 is 4.90 Å². The smallest absolute Gasteiger partial charge is 0.254 e. The van der Waals surface area contributed by atoms with E-state index in [0.29, 0.717) is 42.8 Å². The number of carbonyl (C=O) groups is 1. The van der Waals surface area contributed by atoms with Gasteiger partial charge in [0.05, 0.1) is 16.9 Å². The Morgan fingerprint density at radius 3 is 2.61 bits per heavy atom. The summed E-state index contributed by atoms with van der Waals surface area (Å²) in [7, 11) is -3.76. The Labute approximate surface area is 198 Å². The molecule has 0 unspecified atom stereocenters. The molecule has 2 aliphatic rings. The molecule has 0 saturated carbocycles. The maximum atomic E-state index is 13.5. The average molecular weight is 483 g/mol. The maximum Gasteiger partial charge on any atom is 0.254 e. The fourth-order valence-corrected chi connectivity index (χ4v) is 7.47. The standard InChI is InChI=1S/C24H23ClN4O3S/c1-16-4-2-7-19(25)23(16)33(31,32)29-13-9-21-22(29)8-12-28(21)24(30)18-6-3-5-17(14-18)20-15-26-10-11-27-20/h2-7,10-11,14-15,21-22H,8-9,12-13H2,1H3/t21-,22-/m1/s1. The minimum Gasteiger partial charge on any atom is -0.334 e. The number of sulfonamides is 1. The number of halogens is 1. The summed E-state index contributed by atoms with van der Waals surface area (Å²) in [5.74, 6) is -0.0959. The van der Waals surface area contributed by atoms with Gasteiger partial charge in [-0.1, -0.05) is 35.9 Å². The lowest BCUT2D eigenvalue weighted by Crippen LogP contribution is -2.41. The zero-order chi connectivity index (χ0) is 23.2. The van der Waals surface area contributed by atoms with Gasteiger partial charge in [-0.25, -0.2) is 8.42 Å². The molecular weight excluding hydrogens is 460 g/mol. The number of aryl methyl sites for hydroxylation is 1. The molecule has 2 saturated heterocycles. The van der Waals surface area contributed by atoms with Gasteiger partial charge in [-0.15, -0.1) is 0 Å². The van der Waals surface area contributed by atoms with Crippen molar-refractivity contribution in [2.75, 3.05) is 13.1 Å².